The lowest BCUT2D eigenvalue weighted by Gasteiger charge is -2.43. The van der Waals surface area contributed by atoms with Crippen LogP contribution in [0.15, 0.2) is 23.2 Å². The number of nitrogens with two attached hydrogens (primary N) is 1. The second-order valence-corrected chi connectivity index (χ2v) is 7.70. The highest BCUT2D eigenvalue weighted by atomic mass is 32.2. The fraction of sp³-hybridized carbons (Fsp3) is 0.615. The summed E-state index contributed by atoms with van der Waals surface area (Å²) < 4.78 is 29.6. The topological polar surface area (TPSA) is 85.5 Å². The number of morpholine rings is 1. The standard InChI is InChI=1S/C13H21N3O3S/c1-13(2)9-16(8-10(7-14)19-13)12-11(20(3,17)18)5-4-6-15-12/h4-6,10H,7-9,14H2,1-3H3. The Morgan fingerprint density at radius 1 is 1.55 bits per heavy atom. The van der Waals surface area contributed by atoms with Crippen molar-refractivity contribution in [3.05, 3.63) is 18.3 Å². The van der Waals surface area contributed by atoms with Crippen LogP contribution >= 0.6 is 0 Å². The van der Waals surface area contributed by atoms with Crippen LogP contribution in [0.4, 0.5) is 5.82 Å². The first-order chi connectivity index (χ1) is 9.23. The van der Waals surface area contributed by atoms with Crippen LogP contribution in [0.3, 0.4) is 0 Å². The highest BCUT2D eigenvalue weighted by Gasteiger charge is 2.35. The molecule has 1 unspecified atom stereocenters. The number of nitrogens with zero attached hydrogens (tertiary/aromatic N) is 2. The van der Waals surface area contributed by atoms with Gasteiger partial charge in [-0.2, -0.15) is 0 Å². The zero-order valence-electron chi connectivity index (χ0n) is 12.0. The Bertz CT molecular complexity index is 586. The highest BCUT2D eigenvalue weighted by Crippen LogP contribution is 2.28. The number of hydrogen-bond donors (Lipinski definition) is 1. The van der Waals surface area contributed by atoms with E-state index in [1.54, 1.807) is 18.3 Å². The van der Waals surface area contributed by atoms with Crippen molar-refractivity contribution in [1.29, 1.82) is 0 Å². The summed E-state index contributed by atoms with van der Waals surface area (Å²) in [5, 5.41) is 0. The van der Waals surface area contributed by atoms with E-state index in [0.29, 0.717) is 25.5 Å². The van der Waals surface area contributed by atoms with E-state index in [0.717, 1.165) is 0 Å². The molecule has 0 radical (unpaired) electrons. The van der Waals surface area contributed by atoms with Crippen molar-refractivity contribution >= 4 is 15.7 Å². The lowest BCUT2D eigenvalue weighted by Crippen LogP contribution is -2.55. The van der Waals surface area contributed by atoms with Gasteiger partial charge in [0.1, 0.15) is 10.7 Å². The number of anilines is 1. The Morgan fingerprint density at radius 2 is 2.25 bits per heavy atom. The Balaban J connectivity index is 2.41. The Hall–Kier alpha value is -1.18. The summed E-state index contributed by atoms with van der Waals surface area (Å²) in [4.78, 5) is 6.44. The molecule has 2 N–H and O–H groups in total. The van der Waals surface area contributed by atoms with Crippen molar-refractivity contribution in [1.82, 2.24) is 4.98 Å². The van der Waals surface area contributed by atoms with Gasteiger partial charge >= 0.3 is 0 Å². The monoisotopic (exact) mass is 299 g/mol. The van der Waals surface area contributed by atoms with Crippen molar-refractivity contribution in [3.8, 4) is 0 Å². The first-order valence-electron chi connectivity index (χ1n) is 6.51. The SMILES string of the molecule is CC1(C)CN(c2ncccc2S(C)(=O)=O)CC(CN)O1. The second kappa shape index (κ2) is 5.31. The molecule has 0 spiro atoms. The van der Waals surface area contributed by atoms with Crippen LogP contribution in [0.25, 0.3) is 0 Å². The van der Waals surface area contributed by atoms with Gasteiger partial charge < -0.3 is 15.4 Å². The first kappa shape index (κ1) is 15.2. The first-order valence-corrected chi connectivity index (χ1v) is 8.40. The molecule has 112 valence electrons. The van der Waals surface area contributed by atoms with Gasteiger partial charge in [0.25, 0.3) is 0 Å². The maximum atomic E-state index is 11.9. The van der Waals surface area contributed by atoms with Crippen molar-refractivity contribution in [2.75, 3.05) is 30.8 Å². The van der Waals surface area contributed by atoms with Crippen molar-refractivity contribution in [2.45, 2.75) is 30.4 Å². The second-order valence-electron chi connectivity index (χ2n) is 5.71. The van der Waals surface area contributed by atoms with Gasteiger partial charge in [0.2, 0.25) is 0 Å². The van der Waals surface area contributed by atoms with Gasteiger partial charge in [-0.15, -0.1) is 0 Å². The van der Waals surface area contributed by atoms with Crippen molar-refractivity contribution < 1.29 is 13.2 Å². The molecule has 2 rings (SSSR count). The van der Waals surface area contributed by atoms with E-state index in [-0.39, 0.29) is 11.0 Å². The molecular formula is C13H21N3O3S. The normalized spacial score (nSPS) is 22.8. The minimum Gasteiger partial charge on any atom is -0.367 e. The van der Waals surface area contributed by atoms with Crippen LogP contribution < -0.4 is 10.6 Å². The molecule has 1 aromatic heterocycles. The number of pyridine rings is 1. The summed E-state index contributed by atoms with van der Waals surface area (Å²) in [6, 6.07) is 3.21. The van der Waals surface area contributed by atoms with Gasteiger partial charge in [-0.1, -0.05) is 0 Å². The van der Waals surface area contributed by atoms with E-state index in [2.05, 4.69) is 4.98 Å². The molecule has 0 saturated carbocycles. The van der Waals surface area contributed by atoms with Gasteiger partial charge in [0.15, 0.2) is 9.84 Å². The van der Waals surface area contributed by atoms with E-state index in [1.807, 2.05) is 18.7 Å². The minimum atomic E-state index is -3.32. The van der Waals surface area contributed by atoms with E-state index < -0.39 is 15.4 Å². The number of ether oxygens (including phenoxy) is 1. The van der Waals surface area contributed by atoms with Gasteiger partial charge in [0.05, 0.1) is 11.7 Å². The molecule has 1 fully saturated rings. The van der Waals surface area contributed by atoms with Crippen LogP contribution in [-0.2, 0) is 14.6 Å². The molecule has 2 heterocycles. The van der Waals surface area contributed by atoms with Gasteiger partial charge in [-0.3, -0.25) is 0 Å². The molecule has 0 amide bonds. The molecule has 7 heteroatoms. The average Bonchev–Trinajstić information content (AvgIpc) is 2.35. The summed E-state index contributed by atoms with van der Waals surface area (Å²) in [5.41, 5.74) is 5.30. The van der Waals surface area contributed by atoms with E-state index >= 15 is 0 Å². The lowest BCUT2D eigenvalue weighted by molar-refractivity contribution is -0.0791. The van der Waals surface area contributed by atoms with Crippen LogP contribution in [0.1, 0.15) is 13.8 Å². The van der Waals surface area contributed by atoms with E-state index in [4.69, 9.17) is 10.5 Å². The zero-order valence-corrected chi connectivity index (χ0v) is 12.9. The fourth-order valence-electron chi connectivity index (χ4n) is 2.49. The van der Waals surface area contributed by atoms with Gasteiger partial charge in [0, 0.05) is 32.1 Å². The molecule has 0 bridgehead atoms. The highest BCUT2D eigenvalue weighted by molar-refractivity contribution is 7.90. The quantitative estimate of drug-likeness (QED) is 0.871. The van der Waals surface area contributed by atoms with Crippen LogP contribution in [0, 0.1) is 0 Å². The summed E-state index contributed by atoms with van der Waals surface area (Å²) in [6.07, 6.45) is 2.66. The summed E-state index contributed by atoms with van der Waals surface area (Å²) in [5.74, 6) is 0.477. The number of sulfone groups is 1. The van der Waals surface area contributed by atoms with Crippen LogP contribution in [-0.4, -0.2) is 51.0 Å². The number of aromatic nitrogens is 1. The predicted octanol–water partition coefficient (Wildman–Crippen LogP) is 0.428. The largest absolute Gasteiger partial charge is 0.367 e. The third-order valence-corrected chi connectivity index (χ3v) is 4.31. The van der Waals surface area contributed by atoms with Gasteiger partial charge in [-0.25, -0.2) is 13.4 Å². The summed E-state index contributed by atoms with van der Waals surface area (Å²) in [6.45, 7) is 5.43. The lowest BCUT2D eigenvalue weighted by atomic mass is 10.1. The van der Waals surface area contributed by atoms with Crippen molar-refractivity contribution in [3.63, 3.8) is 0 Å². The molecular weight excluding hydrogens is 278 g/mol. The van der Waals surface area contributed by atoms with Crippen LogP contribution in [0.5, 0.6) is 0 Å². The van der Waals surface area contributed by atoms with Crippen molar-refractivity contribution in [2.24, 2.45) is 5.73 Å². The maximum Gasteiger partial charge on any atom is 0.179 e. The maximum absolute atomic E-state index is 11.9. The molecule has 1 aromatic rings. The van der Waals surface area contributed by atoms with Crippen LogP contribution in [0.2, 0.25) is 0 Å². The number of rotatable bonds is 3. The van der Waals surface area contributed by atoms with Gasteiger partial charge in [-0.05, 0) is 26.0 Å². The third kappa shape index (κ3) is 3.28. The Kier molecular flexibility index (Phi) is 4.04. The average molecular weight is 299 g/mol. The molecule has 1 aliphatic heterocycles. The van der Waals surface area contributed by atoms with E-state index in [9.17, 15) is 8.42 Å². The van der Waals surface area contributed by atoms with E-state index in [1.165, 1.54) is 6.26 Å². The molecule has 1 aliphatic rings. The Morgan fingerprint density at radius 3 is 2.85 bits per heavy atom. The molecule has 0 aromatic carbocycles. The fourth-order valence-corrected chi connectivity index (χ4v) is 3.33. The summed E-state index contributed by atoms with van der Waals surface area (Å²) >= 11 is 0. The third-order valence-electron chi connectivity index (χ3n) is 3.19. The molecule has 20 heavy (non-hydrogen) atoms. The molecule has 1 saturated heterocycles. The predicted molar refractivity (Wildman–Crippen MR) is 77.6 cm³/mol. The smallest absolute Gasteiger partial charge is 0.179 e. The molecule has 6 nitrogen and oxygen atoms in total. The Labute approximate surface area is 119 Å². The number of hydrogen-bond acceptors (Lipinski definition) is 6. The zero-order chi connectivity index (χ0) is 15.0. The molecule has 0 aliphatic carbocycles. The summed E-state index contributed by atoms with van der Waals surface area (Å²) in [7, 11) is -3.32. The minimum absolute atomic E-state index is 0.131. The molecule has 1 atom stereocenters.